The van der Waals surface area contributed by atoms with Gasteiger partial charge in [0.1, 0.15) is 11.8 Å². The summed E-state index contributed by atoms with van der Waals surface area (Å²) >= 11 is 5.76. The Bertz CT molecular complexity index is 1280. The zero-order valence-electron chi connectivity index (χ0n) is 21.7. The molecule has 1 N–H and O–H groups in total. The van der Waals surface area contributed by atoms with Gasteiger partial charge in [0, 0.05) is 12.2 Å². The summed E-state index contributed by atoms with van der Waals surface area (Å²) in [5.74, 6) is 1.49. The Morgan fingerprint density at radius 2 is 1.68 bits per heavy atom. The van der Waals surface area contributed by atoms with E-state index in [1.165, 1.54) is 4.90 Å². The van der Waals surface area contributed by atoms with Crippen molar-refractivity contribution in [3.8, 4) is 17.2 Å². The number of hydrogen-bond donors (Lipinski definition) is 1. The summed E-state index contributed by atoms with van der Waals surface area (Å²) in [5.41, 5.74) is 2.30. The maximum Gasteiger partial charge on any atom is 0.256 e. The van der Waals surface area contributed by atoms with E-state index >= 15 is 0 Å². The third-order valence-corrected chi connectivity index (χ3v) is 6.67. The molecule has 1 fully saturated rings. The number of para-hydroxylation sites is 1. The molecule has 2 amide bonds. The largest absolute Gasteiger partial charge is 0.494 e. The average Bonchev–Trinajstić information content (AvgIpc) is 3.16. The smallest absolute Gasteiger partial charge is 0.256 e. The maximum atomic E-state index is 13.6. The number of thiocarbonyl (C=S) groups is 1. The van der Waals surface area contributed by atoms with E-state index < -0.39 is 6.04 Å². The van der Waals surface area contributed by atoms with Crippen LogP contribution in [0.4, 0.5) is 11.4 Å². The molecule has 1 aliphatic heterocycles. The van der Waals surface area contributed by atoms with Gasteiger partial charge < -0.3 is 24.4 Å². The van der Waals surface area contributed by atoms with Crippen molar-refractivity contribution in [2.75, 3.05) is 37.6 Å². The topological polar surface area (TPSA) is 80.3 Å². The molecule has 3 aromatic rings. The number of carbonyl (C=O) groups is 2. The van der Waals surface area contributed by atoms with Crippen LogP contribution >= 0.6 is 12.2 Å². The highest BCUT2D eigenvalue weighted by molar-refractivity contribution is 7.80. The van der Waals surface area contributed by atoms with Crippen LogP contribution in [0.3, 0.4) is 0 Å². The first-order chi connectivity index (χ1) is 18.4. The third kappa shape index (κ3) is 6.06. The number of rotatable bonds is 11. The fourth-order valence-corrected chi connectivity index (χ4v) is 4.79. The molecule has 0 aliphatic carbocycles. The van der Waals surface area contributed by atoms with Crippen LogP contribution in [0.5, 0.6) is 17.2 Å². The minimum atomic E-state index is -0.731. The van der Waals surface area contributed by atoms with Crippen LogP contribution in [-0.4, -0.2) is 55.2 Å². The minimum absolute atomic E-state index is 0.0402. The van der Waals surface area contributed by atoms with Crippen LogP contribution in [0.25, 0.3) is 0 Å². The van der Waals surface area contributed by atoms with E-state index in [4.69, 9.17) is 26.4 Å². The van der Waals surface area contributed by atoms with Crippen LogP contribution in [0, 0.1) is 0 Å². The van der Waals surface area contributed by atoms with E-state index in [1.807, 2.05) is 60.4 Å². The van der Waals surface area contributed by atoms with Crippen molar-refractivity contribution >= 4 is 40.5 Å². The van der Waals surface area contributed by atoms with Gasteiger partial charge in [-0.3, -0.25) is 14.5 Å². The Morgan fingerprint density at radius 3 is 2.34 bits per heavy atom. The molecular weight excluding hydrogens is 502 g/mol. The molecule has 0 spiro atoms. The monoisotopic (exact) mass is 533 g/mol. The Kier molecular flexibility index (Phi) is 8.81. The molecule has 0 saturated carbocycles. The summed E-state index contributed by atoms with van der Waals surface area (Å²) in [6.07, 6.45) is 0.550. The second-order valence-corrected chi connectivity index (χ2v) is 9.02. The minimum Gasteiger partial charge on any atom is -0.494 e. The quantitative estimate of drug-likeness (QED) is 0.359. The second kappa shape index (κ2) is 12.4. The summed E-state index contributed by atoms with van der Waals surface area (Å²) in [6.45, 7) is 2.92. The molecule has 1 aliphatic rings. The lowest BCUT2D eigenvalue weighted by molar-refractivity contribution is -0.124. The number of methoxy groups -OCH3 is 2. The molecule has 1 atom stereocenters. The molecule has 198 valence electrons. The zero-order valence-corrected chi connectivity index (χ0v) is 22.5. The molecular formula is C29H31N3O5S. The number of hydrogen-bond acceptors (Lipinski definition) is 6. The van der Waals surface area contributed by atoms with Crippen molar-refractivity contribution in [3.05, 3.63) is 78.4 Å². The highest BCUT2D eigenvalue weighted by atomic mass is 32.1. The fraction of sp³-hybridized carbons (Fsp3) is 0.276. The number of amides is 2. The molecule has 1 saturated heterocycles. The predicted octanol–water partition coefficient (Wildman–Crippen LogP) is 4.68. The van der Waals surface area contributed by atoms with Gasteiger partial charge in [0.05, 0.1) is 32.9 Å². The van der Waals surface area contributed by atoms with E-state index in [9.17, 15) is 9.59 Å². The number of anilines is 2. The van der Waals surface area contributed by atoms with E-state index in [-0.39, 0.29) is 18.2 Å². The van der Waals surface area contributed by atoms with Gasteiger partial charge in [0.15, 0.2) is 16.6 Å². The number of carbonyl (C=O) groups excluding carboxylic acids is 2. The van der Waals surface area contributed by atoms with E-state index in [2.05, 4.69) is 5.32 Å². The van der Waals surface area contributed by atoms with Gasteiger partial charge in [-0.2, -0.15) is 0 Å². The highest BCUT2D eigenvalue weighted by Crippen LogP contribution is 2.30. The van der Waals surface area contributed by atoms with Gasteiger partial charge in [0.25, 0.3) is 5.91 Å². The Hall–Kier alpha value is -4.11. The number of nitrogens with zero attached hydrogens (tertiary/aromatic N) is 2. The molecule has 9 heteroatoms. The summed E-state index contributed by atoms with van der Waals surface area (Å²) < 4.78 is 16.2. The van der Waals surface area contributed by atoms with Gasteiger partial charge >= 0.3 is 0 Å². The molecule has 0 radical (unpaired) electrons. The average molecular weight is 534 g/mol. The zero-order chi connectivity index (χ0) is 27.1. The van der Waals surface area contributed by atoms with Gasteiger partial charge in [-0.25, -0.2) is 0 Å². The second-order valence-electron chi connectivity index (χ2n) is 8.65. The lowest BCUT2D eigenvalue weighted by Gasteiger charge is -2.24. The van der Waals surface area contributed by atoms with Crippen LogP contribution in [0.15, 0.2) is 72.8 Å². The van der Waals surface area contributed by atoms with Crippen LogP contribution in [0.2, 0.25) is 0 Å². The molecule has 0 unspecified atom stereocenters. The molecule has 38 heavy (non-hydrogen) atoms. The summed E-state index contributed by atoms with van der Waals surface area (Å²) in [5, 5.41) is 3.26. The predicted molar refractivity (Wildman–Crippen MR) is 151 cm³/mol. The Morgan fingerprint density at radius 1 is 0.974 bits per heavy atom. The van der Waals surface area contributed by atoms with Crippen molar-refractivity contribution in [2.45, 2.75) is 25.8 Å². The van der Waals surface area contributed by atoms with E-state index in [1.54, 1.807) is 38.5 Å². The molecule has 3 aromatic carbocycles. The van der Waals surface area contributed by atoms with Crippen LogP contribution in [-0.2, 0) is 16.0 Å². The van der Waals surface area contributed by atoms with Crippen molar-refractivity contribution in [2.24, 2.45) is 0 Å². The molecule has 8 nitrogen and oxygen atoms in total. The van der Waals surface area contributed by atoms with Gasteiger partial charge in [-0.15, -0.1) is 0 Å². The SMILES string of the molecule is CCOc1ccc(NC(=O)C[C@H]2C(=O)N(c3ccccc3)C(=S)N2CCc2ccc(OC)c(OC)c2)cc1. The first kappa shape index (κ1) is 26.9. The van der Waals surface area contributed by atoms with E-state index in [0.29, 0.717) is 47.6 Å². The lowest BCUT2D eigenvalue weighted by atomic mass is 10.1. The Labute approximate surface area is 228 Å². The van der Waals surface area contributed by atoms with Crippen molar-refractivity contribution < 1.29 is 23.8 Å². The van der Waals surface area contributed by atoms with Crippen LogP contribution < -0.4 is 24.4 Å². The standard InChI is InChI=1S/C29H31N3O5S/c1-4-37-23-13-11-21(12-14-23)30-27(33)19-24-28(34)32(22-8-6-5-7-9-22)29(38)31(24)17-16-20-10-15-25(35-2)26(18-20)36-3/h5-15,18,24H,4,16-17,19H2,1-3H3,(H,30,33)/t24-/m0/s1. The number of ether oxygens (including phenoxy) is 3. The van der Waals surface area contributed by atoms with E-state index in [0.717, 1.165) is 11.3 Å². The lowest BCUT2D eigenvalue weighted by Crippen LogP contribution is -2.39. The maximum absolute atomic E-state index is 13.6. The van der Waals surface area contributed by atoms with Gasteiger partial charge in [-0.05, 0) is 79.7 Å². The van der Waals surface area contributed by atoms with Crippen LogP contribution in [0.1, 0.15) is 18.9 Å². The molecule has 1 heterocycles. The first-order valence-corrected chi connectivity index (χ1v) is 12.8. The third-order valence-electron chi connectivity index (χ3n) is 6.25. The number of benzene rings is 3. The van der Waals surface area contributed by atoms with Crippen molar-refractivity contribution in [1.29, 1.82) is 0 Å². The highest BCUT2D eigenvalue weighted by Gasteiger charge is 2.43. The molecule has 0 bridgehead atoms. The van der Waals surface area contributed by atoms with Crippen molar-refractivity contribution in [1.82, 2.24) is 4.90 Å². The molecule has 0 aromatic heterocycles. The first-order valence-electron chi connectivity index (χ1n) is 12.4. The normalized spacial score (nSPS) is 15.0. The summed E-state index contributed by atoms with van der Waals surface area (Å²) in [6, 6.07) is 21.4. The summed E-state index contributed by atoms with van der Waals surface area (Å²) in [7, 11) is 3.18. The molecule has 4 rings (SSSR count). The summed E-state index contributed by atoms with van der Waals surface area (Å²) in [4.78, 5) is 30.0. The van der Waals surface area contributed by atoms with Gasteiger partial charge in [-0.1, -0.05) is 24.3 Å². The van der Waals surface area contributed by atoms with Crippen molar-refractivity contribution in [3.63, 3.8) is 0 Å². The van der Waals surface area contributed by atoms with Gasteiger partial charge in [0.2, 0.25) is 5.91 Å². The number of nitrogens with one attached hydrogen (secondary N) is 1. The Balaban J connectivity index is 1.52. The fourth-order valence-electron chi connectivity index (χ4n) is 4.38.